The van der Waals surface area contributed by atoms with E-state index in [2.05, 4.69) is 16.7 Å². The van der Waals surface area contributed by atoms with Crippen molar-refractivity contribution in [2.45, 2.75) is 32.6 Å². The van der Waals surface area contributed by atoms with Crippen molar-refractivity contribution < 1.29 is 9.90 Å². The fourth-order valence-electron chi connectivity index (χ4n) is 1.93. The van der Waals surface area contributed by atoms with Crippen molar-refractivity contribution in [1.29, 1.82) is 0 Å². The lowest BCUT2D eigenvalue weighted by atomic mass is 10.2. The molecule has 4 heteroatoms. The number of hydrogen-bond acceptors (Lipinski definition) is 2. The molecule has 0 saturated carbocycles. The van der Waals surface area contributed by atoms with Gasteiger partial charge in [-0.15, -0.1) is 0 Å². The largest absolute Gasteiger partial charge is 0.465 e. The van der Waals surface area contributed by atoms with Crippen LogP contribution in [0, 0.1) is 11.8 Å². The summed E-state index contributed by atoms with van der Waals surface area (Å²) in [5.74, 6) is 6.01. The Morgan fingerprint density at radius 3 is 2.41 bits per heavy atom. The standard InChI is InChI=1S/C13H22N2O2/c1-2-15(13(16)17)12-8-7-11-14-9-5-3-4-6-10-14/h2-6,9-12H2,1H3,(H,16,17). The van der Waals surface area contributed by atoms with Gasteiger partial charge in [0.15, 0.2) is 0 Å². The zero-order chi connectivity index (χ0) is 12.5. The molecule has 0 spiro atoms. The summed E-state index contributed by atoms with van der Waals surface area (Å²) in [7, 11) is 0. The Bertz CT molecular complexity index is 286. The van der Waals surface area contributed by atoms with Gasteiger partial charge in [-0.3, -0.25) is 9.80 Å². The number of amides is 1. The van der Waals surface area contributed by atoms with Crippen molar-refractivity contribution >= 4 is 6.09 Å². The zero-order valence-corrected chi connectivity index (χ0v) is 10.6. The molecule has 0 unspecified atom stereocenters. The lowest BCUT2D eigenvalue weighted by Gasteiger charge is -2.16. The number of carbonyl (C=O) groups is 1. The molecule has 1 saturated heterocycles. The highest BCUT2D eigenvalue weighted by Gasteiger charge is 2.07. The molecule has 4 nitrogen and oxygen atoms in total. The summed E-state index contributed by atoms with van der Waals surface area (Å²) >= 11 is 0. The van der Waals surface area contributed by atoms with Crippen molar-refractivity contribution in [3.63, 3.8) is 0 Å². The third-order valence-corrected chi connectivity index (χ3v) is 3.05. The number of hydrogen-bond donors (Lipinski definition) is 1. The van der Waals surface area contributed by atoms with Gasteiger partial charge in [-0.25, -0.2) is 4.79 Å². The minimum Gasteiger partial charge on any atom is -0.465 e. The number of carboxylic acid groups (broad SMARTS) is 1. The second-order valence-electron chi connectivity index (χ2n) is 4.34. The molecule has 96 valence electrons. The molecular weight excluding hydrogens is 216 g/mol. The second-order valence-corrected chi connectivity index (χ2v) is 4.34. The van der Waals surface area contributed by atoms with E-state index in [1.54, 1.807) is 0 Å². The smallest absolute Gasteiger partial charge is 0.408 e. The fourth-order valence-corrected chi connectivity index (χ4v) is 1.93. The van der Waals surface area contributed by atoms with E-state index in [4.69, 9.17) is 5.11 Å². The Labute approximate surface area is 104 Å². The monoisotopic (exact) mass is 238 g/mol. The lowest BCUT2D eigenvalue weighted by Crippen LogP contribution is -2.29. The van der Waals surface area contributed by atoms with Crippen LogP contribution in [0.4, 0.5) is 4.79 Å². The SMILES string of the molecule is CCN(CC#CCN1CCCCCC1)C(=O)O. The normalized spacial score (nSPS) is 16.8. The van der Waals surface area contributed by atoms with E-state index in [1.165, 1.54) is 30.6 Å². The van der Waals surface area contributed by atoms with Gasteiger partial charge in [0.1, 0.15) is 0 Å². The average Bonchev–Trinajstić information content (AvgIpc) is 2.57. The number of likely N-dealkylation sites (tertiary alicyclic amines) is 1. The lowest BCUT2D eigenvalue weighted by molar-refractivity contribution is 0.153. The Morgan fingerprint density at radius 1 is 1.24 bits per heavy atom. The maximum absolute atomic E-state index is 10.7. The Balaban J connectivity index is 2.26. The van der Waals surface area contributed by atoms with E-state index >= 15 is 0 Å². The molecule has 1 aliphatic rings. The van der Waals surface area contributed by atoms with Crippen molar-refractivity contribution in [2.75, 3.05) is 32.7 Å². The van der Waals surface area contributed by atoms with Gasteiger partial charge in [-0.1, -0.05) is 24.7 Å². The Kier molecular flexibility index (Phi) is 6.49. The highest BCUT2D eigenvalue weighted by Crippen LogP contribution is 2.08. The van der Waals surface area contributed by atoms with Crippen molar-refractivity contribution in [2.24, 2.45) is 0 Å². The molecule has 0 atom stereocenters. The van der Waals surface area contributed by atoms with Crippen molar-refractivity contribution in [1.82, 2.24) is 9.80 Å². The summed E-state index contributed by atoms with van der Waals surface area (Å²) in [6.45, 7) is 5.67. The molecule has 0 aromatic heterocycles. The molecule has 0 aromatic rings. The van der Waals surface area contributed by atoms with Crippen LogP contribution in [0.15, 0.2) is 0 Å². The molecule has 1 fully saturated rings. The van der Waals surface area contributed by atoms with E-state index in [0.717, 1.165) is 19.6 Å². The van der Waals surface area contributed by atoms with Crippen LogP contribution in [0.1, 0.15) is 32.6 Å². The van der Waals surface area contributed by atoms with Gasteiger partial charge in [0, 0.05) is 6.54 Å². The highest BCUT2D eigenvalue weighted by molar-refractivity contribution is 5.65. The third kappa shape index (κ3) is 5.60. The fraction of sp³-hybridized carbons (Fsp3) is 0.769. The van der Waals surface area contributed by atoms with Gasteiger partial charge in [0.2, 0.25) is 0 Å². The first kappa shape index (κ1) is 13.9. The van der Waals surface area contributed by atoms with E-state index in [-0.39, 0.29) is 0 Å². The van der Waals surface area contributed by atoms with Gasteiger partial charge >= 0.3 is 6.09 Å². The third-order valence-electron chi connectivity index (χ3n) is 3.05. The summed E-state index contributed by atoms with van der Waals surface area (Å²) in [5, 5.41) is 8.81. The molecule has 1 aliphatic heterocycles. The number of nitrogens with zero attached hydrogens (tertiary/aromatic N) is 2. The van der Waals surface area contributed by atoms with Crippen LogP contribution >= 0.6 is 0 Å². The molecule has 1 N–H and O–H groups in total. The zero-order valence-electron chi connectivity index (χ0n) is 10.6. The van der Waals surface area contributed by atoms with Gasteiger partial charge in [-0.05, 0) is 32.9 Å². The molecule has 1 amide bonds. The summed E-state index contributed by atoms with van der Waals surface area (Å²) < 4.78 is 0. The summed E-state index contributed by atoms with van der Waals surface area (Å²) in [6.07, 6.45) is 4.28. The van der Waals surface area contributed by atoms with Gasteiger partial charge in [-0.2, -0.15) is 0 Å². The van der Waals surface area contributed by atoms with Crippen LogP contribution in [0.2, 0.25) is 0 Å². The van der Waals surface area contributed by atoms with E-state index < -0.39 is 6.09 Å². The van der Waals surface area contributed by atoms with Gasteiger partial charge < -0.3 is 5.11 Å². The first-order valence-corrected chi connectivity index (χ1v) is 6.40. The molecule has 17 heavy (non-hydrogen) atoms. The molecule has 0 aromatic carbocycles. The second kappa shape index (κ2) is 7.97. The first-order chi connectivity index (χ1) is 8.24. The van der Waals surface area contributed by atoms with E-state index in [0.29, 0.717) is 13.1 Å². The minimum atomic E-state index is -0.892. The van der Waals surface area contributed by atoms with Crippen molar-refractivity contribution in [3.05, 3.63) is 0 Å². The van der Waals surface area contributed by atoms with Crippen LogP contribution in [0.25, 0.3) is 0 Å². The quantitative estimate of drug-likeness (QED) is 0.763. The van der Waals surface area contributed by atoms with Crippen molar-refractivity contribution in [3.8, 4) is 11.8 Å². The molecule has 0 radical (unpaired) electrons. The van der Waals surface area contributed by atoms with Crippen LogP contribution in [-0.2, 0) is 0 Å². The Morgan fingerprint density at radius 2 is 1.88 bits per heavy atom. The summed E-state index contributed by atoms with van der Waals surface area (Å²) in [5.41, 5.74) is 0. The maximum atomic E-state index is 10.7. The van der Waals surface area contributed by atoms with Crippen LogP contribution in [0.3, 0.4) is 0 Å². The molecule has 1 rings (SSSR count). The molecule has 0 bridgehead atoms. The van der Waals surface area contributed by atoms with Crippen LogP contribution < -0.4 is 0 Å². The number of rotatable bonds is 3. The molecule has 0 aliphatic carbocycles. The Hall–Kier alpha value is -1.21. The minimum absolute atomic E-state index is 0.319. The average molecular weight is 238 g/mol. The maximum Gasteiger partial charge on any atom is 0.408 e. The summed E-state index contributed by atoms with van der Waals surface area (Å²) in [6, 6.07) is 0. The molecule has 1 heterocycles. The predicted octanol–water partition coefficient (Wildman–Crippen LogP) is 1.87. The highest BCUT2D eigenvalue weighted by atomic mass is 16.4. The van der Waals surface area contributed by atoms with Gasteiger partial charge in [0.05, 0.1) is 13.1 Å². The predicted molar refractivity (Wildman–Crippen MR) is 68.0 cm³/mol. The van der Waals surface area contributed by atoms with Crippen LogP contribution in [0.5, 0.6) is 0 Å². The topological polar surface area (TPSA) is 43.8 Å². The van der Waals surface area contributed by atoms with Crippen LogP contribution in [-0.4, -0.2) is 53.7 Å². The van der Waals surface area contributed by atoms with Gasteiger partial charge in [0.25, 0.3) is 0 Å². The molecular formula is C13H22N2O2. The van der Waals surface area contributed by atoms with E-state index in [1.807, 2.05) is 6.92 Å². The summed E-state index contributed by atoms with van der Waals surface area (Å²) in [4.78, 5) is 14.4. The first-order valence-electron chi connectivity index (χ1n) is 6.40. The van der Waals surface area contributed by atoms with E-state index in [9.17, 15) is 4.79 Å².